The number of hydrogen-bond donors (Lipinski definition) is 3. The van der Waals surface area contributed by atoms with Gasteiger partial charge in [0.25, 0.3) is 0 Å². The molecule has 1 unspecified atom stereocenters. The summed E-state index contributed by atoms with van der Waals surface area (Å²) in [5.74, 6) is 0.0400. The summed E-state index contributed by atoms with van der Waals surface area (Å²) in [5, 5.41) is 14.3. The van der Waals surface area contributed by atoms with Crippen LogP contribution in [0.25, 0.3) is 16.7 Å². The number of rotatable bonds is 7. The number of aryl methyl sites for hydroxylation is 1. The molecule has 0 bridgehead atoms. The molecule has 3 heterocycles. The van der Waals surface area contributed by atoms with Gasteiger partial charge in [-0.15, -0.1) is 0 Å². The Balaban J connectivity index is 1.32. The highest BCUT2D eigenvalue weighted by atomic mass is 16.2. The van der Waals surface area contributed by atoms with Gasteiger partial charge in [-0.1, -0.05) is 68.8 Å². The largest absolute Gasteiger partial charge is 0.324 e. The molecule has 1 saturated heterocycles. The molecule has 1 atom stereocenters. The van der Waals surface area contributed by atoms with Gasteiger partial charge in [0.05, 0.1) is 34.5 Å². The number of Topliss-reactive ketones (excluding diaryl/α,β-unsaturated/α-hetero) is 1. The Labute approximate surface area is 263 Å². The fraction of sp³-hybridized carbons (Fsp3) is 0.306. The van der Waals surface area contributed by atoms with E-state index in [1.165, 1.54) is 0 Å². The molecule has 3 aromatic carbocycles. The van der Waals surface area contributed by atoms with Gasteiger partial charge < -0.3 is 10.6 Å². The number of nitrogens with zero attached hydrogens (tertiary/aromatic N) is 4. The average Bonchev–Trinajstić information content (AvgIpc) is 3.47. The van der Waals surface area contributed by atoms with E-state index in [4.69, 9.17) is 10.1 Å². The average molecular weight is 602 g/mol. The van der Waals surface area contributed by atoms with Gasteiger partial charge in [-0.2, -0.15) is 5.10 Å². The van der Waals surface area contributed by atoms with Crippen molar-refractivity contribution < 1.29 is 9.59 Å². The smallest absolute Gasteiger partial charge is 0.317 e. The maximum absolute atomic E-state index is 14.3. The highest BCUT2D eigenvalue weighted by Crippen LogP contribution is 2.38. The van der Waals surface area contributed by atoms with Crippen LogP contribution in [0.4, 0.5) is 16.3 Å². The lowest BCUT2D eigenvalue weighted by atomic mass is 9.76. The lowest BCUT2D eigenvalue weighted by molar-refractivity contribution is 0.0911. The molecular weight excluding hydrogens is 562 g/mol. The second-order valence-corrected chi connectivity index (χ2v) is 12.8. The second-order valence-electron chi connectivity index (χ2n) is 12.8. The molecule has 1 fully saturated rings. The lowest BCUT2D eigenvalue weighted by Gasteiger charge is -2.31. The third kappa shape index (κ3) is 6.63. The van der Waals surface area contributed by atoms with E-state index in [-0.39, 0.29) is 17.1 Å². The number of nitrogens with one attached hydrogen (secondary N) is 3. The molecule has 5 aromatic rings. The summed E-state index contributed by atoms with van der Waals surface area (Å²) in [6, 6.07) is 24.6. The first-order valence-corrected chi connectivity index (χ1v) is 15.5. The Bertz CT molecular complexity index is 1830. The van der Waals surface area contributed by atoms with Crippen LogP contribution >= 0.6 is 0 Å². The summed E-state index contributed by atoms with van der Waals surface area (Å²) in [7, 11) is 0. The molecule has 230 valence electrons. The number of urea groups is 1. The van der Waals surface area contributed by atoms with E-state index < -0.39 is 11.9 Å². The van der Waals surface area contributed by atoms with Gasteiger partial charge in [-0.3, -0.25) is 15.1 Å². The highest BCUT2D eigenvalue weighted by molar-refractivity contribution is 6.04. The van der Waals surface area contributed by atoms with Crippen LogP contribution in [0.15, 0.2) is 85.1 Å². The lowest BCUT2D eigenvalue weighted by Crippen LogP contribution is -2.34. The van der Waals surface area contributed by atoms with E-state index in [9.17, 15) is 9.59 Å². The minimum absolute atomic E-state index is 0.0790. The molecule has 2 aromatic heterocycles. The van der Waals surface area contributed by atoms with Gasteiger partial charge in [0.1, 0.15) is 11.5 Å². The first kappa shape index (κ1) is 30.1. The minimum atomic E-state index is -0.496. The van der Waals surface area contributed by atoms with Crippen LogP contribution in [0.5, 0.6) is 0 Å². The van der Waals surface area contributed by atoms with Crippen molar-refractivity contribution in [2.45, 2.75) is 51.9 Å². The van der Waals surface area contributed by atoms with Gasteiger partial charge in [-0.25, -0.2) is 14.5 Å². The van der Waals surface area contributed by atoms with Crippen molar-refractivity contribution >= 4 is 34.4 Å². The number of hydrogen-bond acceptors (Lipinski definition) is 6. The van der Waals surface area contributed by atoms with E-state index in [2.05, 4.69) is 41.7 Å². The maximum Gasteiger partial charge on any atom is 0.324 e. The Hall–Kier alpha value is -4.89. The molecular formula is C36H39N7O2. The van der Waals surface area contributed by atoms with Crippen LogP contribution in [0.1, 0.15) is 66.8 Å². The molecule has 9 nitrogen and oxygen atoms in total. The summed E-state index contributed by atoms with van der Waals surface area (Å²) in [6.45, 7) is 9.96. The number of benzene rings is 3. The van der Waals surface area contributed by atoms with Crippen LogP contribution < -0.4 is 16.0 Å². The van der Waals surface area contributed by atoms with Gasteiger partial charge in [-0.05, 0) is 74.7 Å². The first-order valence-electron chi connectivity index (χ1n) is 15.5. The molecule has 3 N–H and O–H groups in total. The van der Waals surface area contributed by atoms with E-state index in [1.54, 1.807) is 10.9 Å². The summed E-state index contributed by atoms with van der Waals surface area (Å²) in [4.78, 5) is 37.1. The predicted octanol–water partition coefficient (Wildman–Crippen LogP) is 7.03. The number of amides is 2. The van der Waals surface area contributed by atoms with Crippen molar-refractivity contribution in [3.8, 4) is 5.69 Å². The third-order valence-corrected chi connectivity index (χ3v) is 8.38. The topological polar surface area (TPSA) is 114 Å². The van der Waals surface area contributed by atoms with Crippen LogP contribution in [0, 0.1) is 12.8 Å². The Kier molecular flexibility index (Phi) is 8.45. The quantitative estimate of drug-likeness (QED) is 0.173. The second kappa shape index (κ2) is 12.6. The van der Waals surface area contributed by atoms with Crippen molar-refractivity contribution in [2.24, 2.45) is 5.92 Å². The van der Waals surface area contributed by atoms with Crippen molar-refractivity contribution in [3.63, 3.8) is 0 Å². The standard InChI is InChI=1S/C36H39N7O2/c1-23-13-15-25(16-14-23)43-32(21-31(42-43)36(2,3)4)41-35(45)40-27-10-6-5-9-26(27)33(24-17-19-37-20-18-24)34(44)30-22-38-28-11-7-8-12-29(28)39-30/h5-16,21-22,24,33,37H,17-20H2,1-4H3,(H2,40,41,45). The molecule has 1 aliphatic heterocycles. The number of aromatic nitrogens is 4. The SMILES string of the molecule is Cc1ccc(-n2nc(C(C)(C)C)cc2NC(=O)Nc2ccccc2C(C(=O)c2cnc3ccccc3n2)C2CCNCC2)cc1. The third-order valence-electron chi connectivity index (χ3n) is 8.38. The fourth-order valence-corrected chi connectivity index (χ4v) is 5.89. The molecule has 0 spiro atoms. The summed E-state index contributed by atoms with van der Waals surface area (Å²) >= 11 is 0. The highest BCUT2D eigenvalue weighted by Gasteiger charge is 2.34. The molecule has 9 heteroatoms. The zero-order chi connectivity index (χ0) is 31.6. The Morgan fingerprint density at radius 2 is 1.60 bits per heavy atom. The number of carbonyl (C=O) groups is 2. The van der Waals surface area contributed by atoms with E-state index in [0.717, 1.165) is 54.0 Å². The van der Waals surface area contributed by atoms with Gasteiger partial charge in [0.2, 0.25) is 0 Å². The molecule has 0 radical (unpaired) electrons. The van der Waals surface area contributed by atoms with Gasteiger partial charge in [0.15, 0.2) is 5.78 Å². The van der Waals surface area contributed by atoms with Crippen LogP contribution in [-0.4, -0.2) is 44.7 Å². The maximum atomic E-state index is 14.3. The number of ketones is 1. The number of anilines is 2. The normalized spacial score (nSPS) is 14.7. The predicted molar refractivity (Wildman–Crippen MR) is 178 cm³/mol. The zero-order valence-corrected chi connectivity index (χ0v) is 26.2. The molecule has 45 heavy (non-hydrogen) atoms. The molecule has 6 rings (SSSR count). The number of carbonyl (C=O) groups excluding carboxylic acids is 2. The summed E-state index contributed by atoms with van der Waals surface area (Å²) in [6.07, 6.45) is 3.24. The number of piperidine rings is 1. The zero-order valence-electron chi connectivity index (χ0n) is 26.2. The number of para-hydroxylation sites is 3. The molecule has 0 saturated carbocycles. The van der Waals surface area contributed by atoms with E-state index in [0.29, 0.717) is 22.7 Å². The Morgan fingerprint density at radius 3 is 2.33 bits per heavy atom. The minimum Gasteiger partial charge on any atom is -0.317 e. The van der Waals surface area contributed by atoms with Gasteiger partial charge >= 0.3 is 6.03 Å². The van der Waals surface area contributed by atoms with E-state index in [1.807, 2.05) is 85.8 Å². The Morgan fingerprint density at radius 1 is 0.911 bits per heavy atom. The van der Waals surface area contributed by atoms with Crippen molar-refractivity contribution in [2.75, 3.05) is 23.7 Å². The van der Waals surface area contributed by atoms with Gasteiger partial charge in [0, 0.05) is 17.2 Å². The fourth-order valence-electron chi connectivity index (χ4n) is 5.89. The monoisotopic (exact) mass is 601 g/mol. The molecule has 2 amide bonds. The van der Waals surface area contributed by atoms with Crippen LogP contribution in [-0.2, 0) is 5.41 Å². The first-order chi connectivity index (χ1) is 21.7. The van der Waals surface area contributed by atoms with Crippen LogP contribution in [0.3, 0.4) is 0 Å². The summed E-state index contributed by atoms with van der Waals surface area (Å²) < 4.78 is 1.76. The molecule has 1 aliphatic rings. The molecule has 0 aliphatic carbocycles. The van der Waals surface area contributed by atoms with E-state index >= 15 is 0 Å². The van der Waals surface area contributed by atoms with Crippen LogP contribution in [0.2, 0.25) is 0 Å². The summed E-state index contributed by atoms with van der Waals surface area (Å²) in [5.41, 5.74) is 5.71. The number of fused-ring (bicyclic) bond motifs is 1. The van der Waals surface area contributed by atoms with Crippen molar-refractivity contribution in [1.29, 1.82) is 0 Å². The van der Waals surface area contributed by atoms with Crippen molar-refractivity contribution in [1.82, 2.24) is 25.1 Å². The van der Waals surface area contributed by atoms with Crippen molar-refractivity contribution in [3.05, 3.63) is 108 Å².